The van der Waals surface area contributed by atoms with E-state index in [0.29, 0.717) is 21.2 Å². The molecule has 8 heteroatoms. The number of Topliss-reactive ketones (excluding diaryl/α,β-unsaturated/α-hetero) is 1. The number of hydrogen-bond acceptors (Lipinski definition) is 4. The van der Waals surface area contributed by atoms with E-state index in [1.54, 1.807) is 30.3 Å². The van der Waals surface area contributed by atoms with E-state index in [9.17, 15) is 14.7 Å². The highest BCUT2D eigenvalue weighted by molar-refractivity contribution is 7.09. The van der Waals surface area contributed by atoms with Crippen molar-refractivity contribution in [2.75, 3.05) is 0 Å². The minimum absolute atomic E-state index is 0.00253. The van der Waals surface area contributed by atoms with Crippen molar-refractivity contribution < 1.29 is 14.7 Å². The van der Waals surface area contributed by atoms with Crippen LogP contribution in [0.25, 0.3) is 5.76 Å². The van der Waals surface area contributed by atoms with Gasteiger partial charge in [-0.3, -0.25) is 9.59 Å². The van der Waals surface area contributed by atoms with E-state index < -0.39 is 17.7 Å². The summed E-state index contributed by atoms with van der Waals surface area (Å²) in [7, 11) is 0. The van der Waals surface area contributed by atoms with Gasteiger partial charge in [0, 0.05) is 15.5 Å². The lowest BCUT2D eigenvalue weighted by molar-refractivity contribution is -0.140. The molecule has 0 radical (unpaired) electrons. The SMILES string of the molecule is O=C1C(=O)N(Cc2cccs2)C(c2ccc(Cl)cc2)/C1=C(/O)c1ccc(Cl)c(Cl)c1. The molecule has 1 amide bonds. The molecule has 1 aliphatic heterocycles. The van der Waals surface area contributed by atoms with Crippen molar-refractivity contribution in [1.82, 2.24) is 4.90 Å². The van der Waals surface area contributed by atoms with Crippen LogP contribution in [0.1, 0.15) is 22.0 Å². The lowest BCUT2D eigenvalue weighted by Crippen LogP contribution is -2.28. The fraction of sp³-hybridized carbons (Fsp3) is 0.0909. The van der Waals surface area contributed by atoms with E-state index in [2.05, 4.69) is 0 Å². The molecule has 1 unspecified atom stereocenters. The van der Waals surface area contributed by atoms with E-state index >= 15 is 0 Å². The second-order valence-corrected chi connectivity index (χ2v) is 8.97. The third-order valence-electron chi connectivity index (χ3n) is 4.83. The van der Waals surface area contributed by atoms with Gasteiger partial charge in [0.25, 0.3) is 11.7 Å². The molecule has 2 heterocycles. The van der Waals surface area contributed by atoms with Crippen LogP contribution in [-0.2, 0) is 16.1 Å². The van der Waals surface area contributed by atoms with Crippen LogP contribution in [0.5, 0.6) is 0 Å². The first kappa shape index (κ1) is 20.9. The molecule has 1 aromatic heterocycles. The first-order valence-electron chi connectivity index (χ1n) is 8.88. The van der Waals surface area contributed by atoms with Crippen molar-refractivity contribution in [1.29, 1.82) is 0 Å². The molecule has 1 atom stereocenters. The van der Waals surface area contributed by atoms with Gasteiger partial charge in [0.15, 0.2) is 0 Å². The summed E-state index contributed by atoms with van der Waals surface area (Å²) in [4.78, 5) is 28.3. The molecule has 2 aromatic carbocycles. The summed E-state index contributed by atoms with van der Waals surface area (Å²) in [5, 5.41) is 14.0. The van der Waals surface area contributed by atoms with Crippen LogP contribution < -0.4 is 0 Å². The van der Waals surface area contributed by atoms with Gasteiger partial charge in [-0.15, -0.1) is 11.3 Å². The van der Waals surface area contributed by atoms with E-state index in [4.69, 9.17) is 34.8 Å². The van der Waals surface area contributed by atoms with Gasteiger partial charge in [-0.25, -0.2) is 0 Å². The summed E-state index contributed by atoms with van der Waals surface area (Å²) < 4.78 is 0. The van der Waals surface area contributed by atoms with Crippen LogP contribution in [0.4, 0.5) is 0 Å². The highest BCUT2D eigenvalue weighted by Gasteiger charge is 2.46. The highest BCUT2D eigenvalue weighted by atomic mass is 35.5. The monoisotopic (exact) mass is 477 g/mol. The van der Waals surface area contributed by atoms with Crippen LogP contribution in [0.15, 0.2) is 65.6 Å². The first-order chi connectivity index (χ1) is 14.4. The Kier molecular flexibility index (Phi) is 5.89. The molecule has 4 rings (SSSR count). The molecular formula is C22H14Cl3NO3S. The zero-order chi connectivity index (χ0) is 21.4. The molecule has 0 bridgehead atoms. The zero-order valence-corrected chi connectivity index (χ0v) is 18.4. The summed E-state index contributed by atoms with van der Waals surface area (Å²) in [6.07, 6.45) is 0. The average molecular weight is 479 g/mol. The minimum atomic E-state index is -0.765. The summed E-state index contributed by atoms with van der Waals surface area (Å²) in [5.74, 6) is -1.74. The Hall–Kier alpha value is -2.31. The maximum atomic E-state index is 13.0. The maximum Gasteiger partial charge on any atom is 0.295 e. The number of ketones is 1. The molecule has 1 saturated heterocycles. The van der Waals surface area contributed by atoms with E-state index in [1.807, 2.05) is 17.5 Å². The Balaban J connectivity index is 1.87. The molecule has 0 aliphatic carbocycles. The Bertz CT molecular complexity index is 1160. The summed E-state index contributed by atoms with van der Waals surface area (Å²) >= 11 is 19.6. The largest absolute Gasteiger partial charge is 0.507 e. The minimum Gasteiger partial charge on any atom is -0.507 e. The average Bonchev–Trinajstić information content (AvgIpc) is 3.33. The molecule has 30 heavy (non-hydrogen) atoms. The van der Waals surface area contributed by atoms with Crippen molar-refractivity contribution in [3.63, 3.8) is 0 Å². The molecule has 1 N–H and O–H groups in total. The van der Waals surface area contributed by atoms with E-state index in [0.717, 1.165) is 4.88 Å². The lowest BCUT2D eigenvalue weighted by Gasteiger charge is -2.25. The van der Waals surface area contributed by atoms with Gasteiger partial charge in [-0.1, -0.05) is 53.0 Å². The van der Waals surface area contributed by atoms with E-state index in [1.165, 1.54) is 28.4 Å². The third-order valence-corrected chi connectivity index (χ3v) is 6.68. The van der Waals surface area contributed by atoms with Gasteiger partial charge >= 0.3 is 0 Å². The number of rotatable bonds is 4. The molecular weight excluding hydrogens is 465 g/mol. The van der Waals surface area contributed by atoms with Gasteiger partial charge in [0.2, 0.25) is 0 Å². The number of likely N-dealkylation sites (tertiary alicyclic amines) is 1. The number of carbonyl (C=O) groups is 2. The van der Waals surface area contributed by atoms with Crippen LogP contribution in [-0.4, -0.2) is 21.7 Å². The van der Waals surface area contributed by atoms with E-state index in [-0.39, 0.29) is 22.9 Å². The number of halogens is 3. The van der Waals surface area contributed by atoms with Crippen LogP contribution in [0.2, 0.25) is 15.1 Å². The predicted octanol–water partition coefficient (Wildman–Crippen LogP) is 6.33. The topological polar surface area (TPSA) is 57.6 Å². The summed E-state index contributed by atoms with van der Waals surface area (Å²) in [6.45, 7) is 0.244. The van der Waals surface area contributed by atoms with Gasteiger partial charge in [0.05, 0.1) is 28.2 Å². The number of amides is 1. The quantitative estimate of drug-likeness (QED) is 0.271. The number of aliphatic hydroxyl groups excluding tert-OH is 1. The molecule has 152 valence electrons. The number of nitrogens with zero attached hydrogens (tertiary/aromatic N) is 1. The van der Waals surface area contributed by atoms with Crippen molar-refractivity contribution in [2.45, 2.75) is 12.6 Å². The Morgan fingerprint density at radius 2 is 1.73 bits per heavy atom. The number of thiophene rings is 1. The van der Waals surface area contributed by atoms with Crippen molar-refractivity contribution in [3.05, 3.63) is 96.6 Å². The van der Waals surface area contributed by atoms with Crippen LogP contribution in [0, 0.1) is 0 Å². The first-order valence-corrected chi connectivity index (χ1v) is 10.9. The van der Waals surface area contributed by atoms with Crippen molar-refractivity contribution in [3.8, 4) is 0 Å². The fourth-order valence-corrected chi connectivity index (χ4v) is 4.53. The van der Waals surface area contributed by atoms with Gasteiger partial charge < -0.3 is 10.0 Å². The second kappa shape index (κ2) is 8.44. The normalized spacial score (nSPS) is 18.2. The maximum absolute atomic E-state index is 13.0. The molecule has 3 aromatic rings. The number of benzene rings is 2. The van der Waals surface area contributed by atoms with Crippen molar-refractivity contribution in [2.24, 2.45) is 0 Å². The predicted molar refractivity (Wildman–Crippen MR) is 120 cm³/mol. The molecule has 0 saturated carbocycles. The third kappa shape index (κ3) is 3.86. The van der Waals surface area contributed by atoms with Crippen LogP contribution in [0.3, 0.4) is 0 Å². The lowest BCUT2D eigenvalue weighted by atomic mass is 9.95. The molecule has 0 spiro atoms. The second-order valence-electron chi connectivity index (χ2n) is 6.69. The highest BCUT2D eigenvalue weighted by Crippen LogP contribution is 2.41. The van der Waals surface area contributed by atoms with Gasteiger partial charge in [-0.2, -0.15) is 0 Å². The van der Waals surface area contributed by atoms with Gasteiger partial charge in [0.1, 0.15) is 5.76 Å². The summed E-state index contributed by atoms with van der Waals surface area (Å²) in [6, 6.07) is 14.4. The smallest absolute Gasteiger partial charge is 0.295 e. The molecule has 1 fully saturated rings. The van der Waals surface area contributed by atoms with Crippen LogP contribution >= 0.6 is 46.1 Å². The molecule has 1 aliphatic rings. The van der Waals surface area contributed by atoms with Crippen molar-refractivity contribution >= 4 is 63.6 Å². The Labute approximate surface area is 191 Å². The Morgan fingerprint density at radius 1 is 1.00 bits per heavy atom. The number of carbonyl (C=O) groups excluding carboxylic acids is 2. The Morgan fingerprint density at radius 3 is 2.37 bits per heavy atom. The molecule has 4 nitrogen and oxygen atoms in total. The fourth-order valence-electron chi connectivity index (χ4n) is 3.40. The number of hydrogen-bond donors (Lipinski definition) is 1. The summed E-state index contributed by atoms with van der Waals surface area (Å²) in [5.41, 5.74) is 0.964. The zero-order valence-electron chi connectivity index (χ0n) is 15.3. The van der Waals surface area contributed by atoms with Gasteiger partial charge in [-0.05, 0) is 47.3 Å². The standard InChI is InChI=1S/C22H14Cl3NO3S/c23-14-6-3-12(4-7-14)19-18(20(27)13-5-8-16(24)17(25)10-13)21(28)22(29)26(19)11-15-2-1-9-30-15/h1-10,19,27H,11H2/b20-18-. The number of aliphatic hydroxyl groups is 1.